The highest BCUT2D eigenvalue weighted by atomic mass is 32.2. The molecule has 0 aliphatic rings. The number of carbonyl (C=O) groups excluding carboxylic acids is 1. The molecule has 7 nitrogen and oxygen atoms in total. The van der Waals surface area contributed by atoms with Gasteiger partial charge in [0.15, 0.2) is 0 Å². The van der Waals surface area contributed by atoms with Crippen LogP contribution in [0.2, 0.25) is 0 Å². The van der Waals surface area contributed by atoms with Gasteiger partial charge in [-0.3, -0.25) is 4.79 Å². The van der Waals surface area contributed by atoms with Crippen LogP contribution in [0, 0.1) is 11.3 Å². The summed E-state index contributed by atoms with van der Waals surface area (Å²) >= 11 is 1.53. The van der Waals surface area contributed by atoms with Crippen molar-refractivity contribution in [2.24, 2.45) is 0 Å². The molecular formula is C18H17N3O4S. The summed E-state index contributed by atoms with van der Waals surface area (Å²) in [5.41, 5.74) is 0.459. The smallest absolute Gasteiger partial charge is 0.337 e. The lowest BCUT2D eigenvalue weighted by atomic mass is 10.1. The number of nitriles is 1. The Hall–Kier alpha value is -2.89. The third-order valence-corrected chi connectivity index (χ3v) is 4.46. The number of amides is 1. The highest BCUT2D eigenvalue weighted by molar-refractivity contribution is 7.99. The molecule has 1 aromatic heterocycles. The molecule has 0 unspecified atom stereocenters. The lowest BCUT2D eigenvalue weighted by Crippen LogP contribution is -2.15. The van der Waals surface area contributed by atoms with E-state index in [0.29, 0.717) is 5.56 Å². The van der Waals surface area contributed by atoms with Gasteiger partial charge in [0.25, 0.3) is 5.91 Å². The lowest BCUT2D eigenvalue weighted by Gasteiger charge is -2.09. The van der Waals surface area contributed by atoms with Crippen LogP contribution in [-0.2, 0) is 0 Å². The Labute approximate surface area is 154 Å². The first kappa shape index (κ1) is 19.4. The molecule has 0 radical (unpaired) electrons. The monoisotopic (exact) mass is 371 g/mol. The van der Waals surface area contributed by atoms with E-state index in [2.05, 4.69) is 10.3 Å². The fraction of sp³-hybridized carbons (Fsp3) is 0.222. The zero-order chi connectivity index (χ0) is 18.9. The van der Waals surface area contributed by atoms with Crippen molar-refractivity contribution in [3.05, 3.63) is 53.2 Å². The summed E-state index contributed by atoms with van der Waals surface area (Å²) in [4.78, 5) is 27.8. The zero-order valence-electron chi connectivity index (χ0n) is 13.8. The van der Waals surface area contributed by atoms with E-state index in [1.807, 2.05) is 6.07 Å². The molecule has 0 atom stereocenters. The van der Waals surface area contributed by atoms with Crippen molar-refractivity contribution >= 4 is 29.3 Å². The van der Waals surface area contributed by atoms with Crippen molar-refractivity contribution in [1.29, 1.82) is 5.26 Å². The summed E-state index contributed by atoms with van der Waals surface area (Å²) < 4.78 is 0. The van der Waals surface area contributed by atoms with E-state index in [1.165, 1.54) is 36.2 Å². The maximum Gasteiger partial charge on any atom is 0.337 e. The molecule has 0 fully saturated rings. The number of benzene rings is 1. The molecule has 0 saturated heterocycles. The normalized spacial score (nSPS) is 10.2. The Bertz CT molecular complexity index is 831. The van der Waals surface area contributed by atoms with E-state index >= 15 is 0 Å². The molecule has 0 aliphatic heterocycles. The summed E-state index contributed by atoms with van der Waals surface area (Å²) in [6, 6.07) is 9.23. The van der Waals surface area contributed by atoms with Crippen LogP contribution in [0.15, 0.2) is 41.6 Å². The number of nitrogens with one attached hydrogen (secondary N) is 1. The van der Waals surface area contributed by atoms with Gasteiger partial charge in [-0.25, -0.2) is 9.78 Å². The number of pyridine rings is 1. The van der Waals surface area contributed by atoms with Crippen molar-refractivity contribution in [2.45, 2.75) is 17.9 Å². The third-order valence-electron chi connectivity index (χ3n) is 3.43. The number of anilines is 1. The molecule has 0 spiro atoms. The van der Waals surface area contributed by atoms with E-state index in [0.717, 1.165) is 23.6 Å². The molecule has 2 aromatic rings. The molecule has 8 heteroatoms. The van der Waals surface area contributed by atoms with Crippen LogP contribution in [0.4, 0.5) is 5.69 Å². The molecule has 0 saturated carbocycles. The SMILES string of the molecule is N#Cc1ccc(NC(=O)c2ccc(SCCCCO)nc2)c(C(=O)O)c1. The molecule has 1 heterocycles. The average Bonchev–Trinajstić information content (AvgIpc) is 2.65. The number of unbranched alkanes of at least 4 members (excludes halogenated alkanes) is 1. The molecule has 3 N–H and O–H groups in total. The number of hydrogen-bond donors (Lipinski definition) is 3. The fourth-order valence-electron chi connectivity index (χ4n) is 2.08. The Morgan fingerprint density at radius 1 is 1.23 bits per heavy atom. The standard InChI is InChI=1S/C18H17N3O4S/c19-10-12-3-5-15(14(9-12)18(24)25)21-17(23)13-4-6-16(20-11-13)26-8-2-1-7-22/h3-6,9,11,22H,1-2,7-8H2,(H,21,23)(H,24,25). The van der Waals surface area contributed by atoms with Gasteiger partial charge in [-0.2, -0.15) is 5.26 Å². The summed E-state index contributed by atoms with van der Waals surface area (Å²) in [6.45, 7) is 0.167. The van der Waals surface area contributed by atoms with Gasteiger partial charge in [0, 0.05) is 12.8 Å². The second kappa shape index (κ2) is 9.56. The van der Waals surface area contributed by atoms with Gasteiger partial charge in [0.1, 0.15) is 0 Å². The van der Waals surface area contributed by atoms with Crippen molar-refractivity contribution in [2.75, 3.05) is 17.7 Å². The number of carboxylic acid groups (broad SMARTS) is 1. The number of rotatable bonds is 8. The van der Waals surface area contributed by atoms with Gasteiger partial charge in [-0.15, -0.1) is 11.8 Å². The first-order valence-corrected chi connectivity index (χ1v) is 8.82. The van der Waals surface area contributed by atoms with Crippen LogP contribution in [0.5, 0.6) is 0 Å². The summed E-state index contributed by atoms with van der Waals surface area (Å²) in [7, 11) is 0. The molecule has 26 heavy (non-hydrogen) atoms. The van der Waals surface area contributed by atoms with Gasteiger partial charge in [0.2, 0.25) is 0 Å². The van der Waals surface area contributed by atoms with Crippen LogP contribution in [-0.4, -0.2) is 39.4 Å². The quantitative estimate of drug-likeness (QED) is 0.481. The van der Waals surface area contributed by atoms with E-state index in [9.17, 15) is 14.7 Å². The van der Waals surface area contributed by atoms with E-state index in [4.69, 9.17) is 10.4 Å². The Kier molecular flexibility index (Phi) is 7.14. The van der Waals surface area contributed by atoms with E-state index < -0.39 is 11.9 Å². The highest BCUT2D eigenvalue weighted by Crippen LogP contribution is 2.20. The minimum atomic E-state index is -1.23. The third kappa shape index (κ3) is 5.31. The first-order chi connectivity index (χ1) is 12.5. The van der Waals surface area contributed by atoms with Crippen molar-refractivity contribution in [1.82, 2.24) is 4.98 Å². The number of aromatic carboxylic acids is 1. The Morgan fingerprint density at radius 3 is 2.65 bits per heavy atom. The van der Waals surface area contributed by atoms with Crippen LogP contribution in [0.1, 0.15) is 39.1 Å². The number of thioether (sulfide) groups is 1. The van der Waals surface area contributed by atoms with Gasteiger partial charge >= 0.3 is 5.97 Å². The summed E-state index contributed by atoms with van der Waals surface area (Å²) in [5, 5.41) is 30.1. The number of nitrogens with zero attached hydrogens (tertiary/aromatic N) is 2. The second-order valence-electron chi connectivity index (χ2n) is 5.30. The highest BCUT2D eigenvalue weighted by Gasteiger charge is 2.15. The maximum atomic E-state index is 12.3. The number of hydrogen-bond acceptors (Lipinski definition) is 6. The van der Waals surface area contributed by atoms with Crippen LogP contribution in [0.25, 0.3) is 0 Å². The maximum absolute atomic E-state index is 12.3. The molecule has 0 aliphatic carbocycles. The van der Waals surface area contributed by atoms with Gasteiger partial charge < -0.3 is 15.5 Å². The topological polar surface area (TPSA) is 123 Å². The number of carboxylic acids is 1. The van der Waals surface area contributed by atoms with Gasteiger partial charge in [0.05, 0.1) is 33.5 Å². The second-order valence-corrected chi connectivity index (χ2v) is 6.41. The fourth-order valence-corrected chi connectivity index (χ4v) is 2.93. The van der Waals surface area contributed by atoms with Crippen LogP contribution >= 0.6 is 11.8 Å². The van der Waals surface area contributed by atoms with Crippen LogP contribution < -0.4 is 5.32 Å². The van der Waals surface area contributed by atoms with Crippen molar-refractivity contribution in [3.8, 4) is 6.07 Å². The largest absolute Gasteiger partial charge is 0.478 e. The molecule has 1 aromatic carbocycles. The predicted molar refractivity (Wildman–Crippen MR) is 97.4 cm³/mol. The average molecular weight is 371 g/mol. The Morgan fingerprint density at radius 2 is 2.04 bits per heavy atom. The molecule has 0 bridgehead atoms. The van der Waals surface area contributed by atoms with Gasteiger partial charge in [-0.1, -0.05) is 0 Å². The van der Waals surface area contributed by atoms with Crippen LogP contribution in [0.3, 0.4) is 0 Å². The minimum Gasteiger partial charge on any atom is -0.478 e. The summed E-state index contributed by atoms with van der Waals surface area (Å²) in [6.07, 6.45) is 3.04. The lowest BCUT2D eigenvalue weighted by molar-refractivity contribution is 0.0698. The molecular weight excluding hydrogens is 354 g/mol. The number of aliphatic hydroxyl groups is 1. The zero-order valence-corrected chi connectivity index (χ0v) is 14.6. The number of carbonyl (C=O) groups is 2. The minimum absolute atomic E-state index is 0.115. The summed E-state index contributed by atoms with van der Waals surface area (Å²) in [5.74, 6) is -0.890. The molecule has 134 valence electrons. The molecule has 2 rings (SSSR count). The predicted octanol–water partition coefficient (Wildman–Crippen LogP) is 2.77. The van der Waals surface area contributed by atoms with Gasteiger partial charge in [-0.05, 0) is 48.9 Å². The number of aliphatic hydroxyl groups excluding tert-OH is 1. The van der Waals surface area contributed by atoms with E-state index in [-0.39, 0.29) is 23.4 Å². The van der Waals surface area contributed by atoms with Crippen molar-refractivity contribution in [3.63, 3.8) is 0 Å². The first-order valence-electron chi connectivity index (χ1n) is 7.83. The van der Waals surface area contributed by atoms with Crippen molar-refractivity contribution < 1.29 is 19.8 Å². The molecule has 1 amide bonds. The number of aromatic nitrogens is 1. The van der Waals surface area contributed by atoms with E-state index in [1.54, 1.807) is 12.1 Å². The Balaban J connectivity index is 2.06.